The molecule has 0 bridgehead atoms. The Balaban J connectivity index is 1.67. The molecule has 21 heavy (non-hydrogen) atoms. The van der Waals surface area contributed by atoms with Crippen molar-refractivity contribution < 1.29 is 18.8 Å². The lowest BCUT2D eigenvalue weighted by molar-refractivity contribution is -0.147. The standard InChI is InChI=1S/C16H27BO4/c1-14(2)15(3,4)21-17(20-14)12-10-16(12)8-6-7-11(9-16)13(18)19-5/h11-12H,6-10H2,1-5H3. The lowest BCUT2D eigenvalue weighted by Gasteiger charge is -2.32. The van der Waals surface area contributed by atoms with Crippen LogP contribution >= 0.6 is 0 Å². The fourth-order valence-electron chi connectivity index (χ4n) is 4.10. The maximum absolute atomic E-state index is 11.8. The Kier molecular flexibility index (Phi) is 3.45. The maximum atomic E-state index is 11.8. The number of methoxy groups -OCH3 is 1. The molecule has 0 aromatic carbocycles. The molecule has 1 aliphatic heterocycles. The van der Waals surface area contributed by atoms with Crippen molar-refractivity contribution in [2.45, 2.75) is 76.8 Å². The van der Waals surface area contributed by atoms with Crippen LogP contribution in [0.25, 0.3) is 0 Å². The molecule has 118 valence electrons. The van der Waals surface area contributed by atoms with Gasteiger partial charge in [0.05, 0.1) is 24.2 Å². The van der Waals surface area contributed by atoms with Gasteiger partial charge in [-0.05, 0) is 58.8 Å². The minimum absolute atomic E-state index is 0.0476. The zero-order valence-electron chi connectivity index (χ0n) is 13.9. The van der Waals surface area contributed by atoms with E-state index in [-0.39, 0.29) is 35.6 Å². The number of hydrogen-bond acceptors (Lipinski definition) is 4. The van der Waals surface area contributed by atoms with Crippen LogP contribution in [0.3, 0.4) is 0 Å². The number of rotatable bonds is 2. The normalized spacial score (nSPS) is 40.3. The first-order chi connectivity index (χ1) is 9.71. The SMILES string of the molecule is COC(=O)C1CCCC2(C1)CC2B1OC(C)(C)C(C)(C)O1. The van der Waals surface area contributed by atoms with Crippen molar-refractivity contribution in [1.29, 1.82) is 0 Å². The van der Waals surface area contributed by atoms with Gasteiger partial charge in [-0.2, -0.15) is 0 Å². The maximum Gasteiger partial charge on any atom is 0.461 e. The second-order valence-electron chi connectivity index (χ2n) is 8.11. The van der Waals surface area contributed by atoms with Crippen molar-refractivity contribution in [3.8, 4) is 0 Å². The van der Waals surface area contributed by atoms with Crippen molar-refractivity contribution in [3.05, 3.63) is 0 Å². The molecule has 1 spiro atoms. The molecule has 1 heterocycles. The van der Waals surface area contributed by atoms with Gasteiger partial charge in [0.2, 0.25) is 0 Å². The van der Waals surface area contributed by atoms with Crippen molar-refractivity contribution in [3.63, 3.8) is 0 Å². The Morgan fingerprint density at radius 3 is 2.33 bits per heavy atom. The number of carbonyl (C=O) groups is 1. The predicted molar refractivity (Wildman–Crippen MR) is 80.9 cm³/mol. The predicted octanol–water partition coefficient (Wildman–Crippen LogP) is 3.20. The zero-order valence-corrected chi connectivity index (χ0v) is 13.9. The van der Waals surface area contributed by atoms with Gasteiger partial charge in [-0.25, -0.2) is 0 Å². The van der Waals surface area contributed by atoms with E-state index in [0.29, 0.717) is 5.82 Å². The summed E-state index contributed by atoms with van der Waals surface area (Å²) >= 11 is 0. The Bertz CT molecular complexity index is 432. The third kappa shape index (κ3) is 2.42. The number of ether oxygens (including phenoxy) is 1. The van der Waals surface area contributed by atoms with E-state index in [1.165, 1.54) is 13.5 Å². The molecule has 0 aromatic rings. The molecule has 0 radical (unpaired) electrons. The van der Waals surface area contributed by atoms with E-state index in [1.54, 1.807) is 0 Å². The van der Waals surface area contributed by atoms with Crippen LogP contribution in [0.1, 0.15) is 59.8 Å². The van der Waals surface area contributed by atoms with Gasteiger partial charge in [-0.15, -0.1) is 0 Å². The van der Waals surface area contributed by atoms with Gasteiger partial charge in [0.15, 0.2) is 0 Å². The largest absolute Gasteiger partial charge is 0.469 e. The molecule has 3 fully saturated rings. The Morgan fingerprint density at radius 1 is 1.14 bits per heavy atom. The first-order valence-corrected chi connectivity index (χ1v) is 8.14. The molecule has 3 rings (SSSR count). The van der Waals surface area contributed by atoms with Gasteiger partial charge in [-0.3, -0.25) is 4.79 Å². The summed E-state index contributed by atoms with van der Waals surface area (Å²) in [6.07, 6.45) is 5.32. The molecule has 5 heteroatoms. The van der Waals surface area contributed by atoms with Crippen molar-refractivity contribution in [2.24, 2.45) is 11.3 Å². The van der Waals surface area contributed by atoms with Crippen LogP contribution in [-0.2, 0) is 18.8 Å². The number of hydrogen-bond donors (Lipinski definition) is 0. The minimum atomic E-state index is -0.266. The summed E-state index contributed by atoms with van der Waals surface area (Å²) in [4.78, 5) is 11.8. The highest BCUT2D eigenvalue weighted by molar-refractivity contribution is 6.49. The quantitative estimate of drug-likeness (QED) is 0.579. The highest BCUT2D eigenvalue weighted by Crippen LogP contribution is 2.69. The molecular weight excluding hydrogens is 267 g/mol. The lowest BCUT2D eigenvalue weighted by atomic mass is 9.69. The molecule has 2 aliphatic carbocycles. The second kappa shape index (κ2) is 4.72. The molecule has 3 aliphatic rings. The van der Waals surface area contributed by atoms with E-state index in [0.717, 1.165) is 25.7 Å². The van der Waals surface area contributed by atoms with Crippen LogP contribution in [-0.4, -0.2) is 31.4 Å². The van der Waals surface area contributed by atoms with Crippen LogP contribution in [0.2, 0.25) is 5.82 Å². The molecule has 4 nitrogen and oxygen atoms in total. The van der Waals surface area contributed by atoms with E-state index >= 15 is 0 Å². The summed E-state index contributed by atoms with van der Waals surface area (Å²) in [5.41, 5.74) is -0.284. The monoisotopic (exact) mass is 294 g/mol. The van der Waals surface area contributed by atoms with Gasteiger partial charge in [0, 0.05) is 5.82 Å². The Labute approximate surface area is 128 Å². The molecule has 3 unspecified atom stereocenters. The van der Waals surface area contributed by atoms with Crippen LogP contribution in [0, 0.1) is 11.3 Å². The molecule has 0 amide bonds. The molecular formula is C16H27BO4. The van der Waals surface area contributed by atoms with E-state index in [9.17, 15) is 4.79 Å². The molecule has 0 N–H and O–H groups in total. The fourth-order valence-corrected chi connectivity index (χ4v) is 4.10. The topological polar surface area (TPSA) is 44.8 Å². The minimum Gasteiger partial charge on any atom is -0.469 e. The first-order valence-electron chi connectivity index (χ1n) is 8.14. The summed E-state index contributed by atoms with van der Waals surface area (Å²) in [6, 6.07) is 0. The average Bonchev–Trinajstić information content (AvgIpc) is 3.03. The fraction of sp³-hybridized carbons (Fsp3) is 0.938. The highest BCUT2D eigenvalue weighted by Gasteiger charge is 2.67. The van der Waals surface area contributed by atoms with Gasteiger partial charge < -0.3 is 14.0 Å². The van der Waals surface area contributed by atoms with E-state index < -0.39 is 0 Å². The van der Waals surface area contributed by atoms with Crippen molar-refractivity contribution >= 4 is 13.1 Å². The van der Waals surface area contributed by atoms with Gasteiger partial charge in [0.1, 0.15) is 0 Å². The van der Waals surface area contributed by atoms with Crippen LogP contribution < -0.4 is 0 Å². The molecule has 2 saturated carbocycles. The third-order valence-corrected chi connectivity index (χ3v) is 6.27. The second-order valence-corrected chi connectivity index (χ2v) is 8.11. The van der Waals surface area contributed by atoms with Crippen molar-refractivity contribution in [1.82, 2.24) is 0 Å². The highest BCUT2D eigenvalue weighted by atomic mass is 16.7. The molecule has 3 atom stereocenters. The van der Waals surface area contributed by atoms with Gasteiger partial charge in [-0.1, -0.05) is 6.42 Å². The van der Waals surface area contributed by atoms with Gasteiger partial charge in [0.25, 0.3) is 0 Å². The van der Waals surface area contributed by atoms with Crippen molar-refractivity contribution in [2.75, 3.05) is 7.11 Å². The first kappa shape index (κ1) is 15.4. The van der Waals surface area contributed by atoms with Crippen LogP contribution in [0.5, 0.6) is 0 Å². The zero-order chi connectivity index (χ0) is 15.5. The number of carbonyl (C=O) groups excluding carboxylic acids is 1. The number of esters is 1. The van der Waals surface area contributed by atoms with Crippen LogP contribution in [0.4, 0.5) is 0 Å². The van der Waals surface area contributed by atoms with E-state index in [2.05, 4.69) is 27.7 Å². The van der Waals surface area contributed by atoms with Gasteiger partial charge >= 0.3 is 13.1 Å². The lowest BCUT2D eigenvalue weighted by Crippen LogP contribution is -2.41. The Hall–Kier alpha value is -0.545. The third-order valence-electron chi connectivity index (χ3n) is 6.27. The smallest absolute Gasteiger partial charge is 0.461 e. The molecule has 1 saturated heterocycles. The summed E-state index contributed by atoms with van der Waals surface area (Å²) in [5, 5.41) is 0. The summed E-state index contributed by atoms with van der Waals surface area (Å²) in [5.74, 6) is 0.454. The van der Waals surface area contributed by atoms with E-state index in [4.69, 9.17) is 14.0 Å². The average molecular weight is 294 g/mol. The summed E-state index contributed by atoms with van der Waals surface area (Å²) in [6.45, 7) is 8.39. The van der Waals surface area contributed by atoms with Crippen LogP contribution in [0.15, 0.2) is 0 Å². The molecule has 0 aromatic heterocycles. The Morgan fingerprint density at radius 2 is 1.76 bits per heavy atom. The van der Waals surface area contributed by atoms with E-state index in [1.807, 2.05) is 0 Å². The summed E-state index contributed by atoms with van der Waals surface area (Å²) in [7, 11) is 1.37. The summed E-state index contributed by atoms with van der Waals surface area (Å²) < 4.78 is 17.3.